The average Bonchev–Trinajstić information content (AvgIpc) is 2.69. The molecular weight excluding hydrogens is 419 g/mol. The quantitative estimate of drug-likeness (QED) is 0.280. The van der Waals surface area contributed by atoms with E-state index in [1.54, 1.807) is 11.9 Å². The van der Waals surface area contributed by atoms with E-state index in [-0.39, 0.29) is 59.2 Å². The second-order valence-electron chi connectivity index (χ2n) is 7.56. The van der Waals surface area contributed by atoms with Crippen LogP contribution in [0.25, 0.3) is 16.6 Å². The monoisotopic (exact) mass is 437 g/mol. The Labute approximate surface area is 198 Å². The molecule has 31 heavy (non-hydrogen) atoms. The molecule has 0 bridgehead atoms. The first-order chi connectivity index (χ1) is 14.2. The first-order valence-electron chi connectivity index (χ1n) is 9.33. The van der Waals surface area contributed by atoms with Crippen LogP contribution in [0.4, 0.5) is 14.5 Å². The summed E-state index contributed by atoms with van der Waals surface area (Å²) in [5.41, 5.74) is -0.631. The Hall–Kier alpha value is -2.30. The molecule has 0 spiro atoms. The minimum Gasteiger partial charge on any atom is -0.633 e. The maximum Gasteiger partial charge on any atom is 1.00 e. The molecule has 0 radical (unpaired) electrons. The zero-order valence-electron chi connectivity index (χ0n) is 17.1. The molecule has 4 rings (SSSR count). The fourth-order valence-electron chi connectivity index (χ4n) is 3.67. The molecule has 1 fully saturated rings. The molecule has 0 aliphatic carbocycles. The van der Waals surface area contributed by atoms with Crippen molar-refractivity contribution in [1.82, 2.24) is 4.57 Å². The van der Waals surface area contributed by atoms with Crippen LogP contribution < -0.4 is 45.0 Å². The van der Waals surface area contributed by atoms with Crippen molar-refractivity contribution in [2.45, 2.75) is 0 Å². The van der Waals surface area contributed by atoms with Crippen LogP contribution in [0.3, 0.4) is 0 Å². The molecule has 0 amide bonds. The van der Waals surface area contributed by atoms with Gasteiger partial charge in [0.2, 0.25) is 0 Å². The summed E-state index contributed by atoms with van der Waals surface area (Å²) in [4.78, 5) is 25.8. The summed E-state index contributed by atoms with van der Waals surface area (Å²) in [7, 11) is 1.56. The Morgan fingerprint density at radius 1 is 1.10 bits per heavy atom. The van der Waals surface area contributed by atoms with Crippen molar-refractivity contribution in [3.05, 3.63) is 75.2 Å². The van der Waals surface area contributed by atoms with Gasteiger partial charge in [-0.3, -0.25) is 4.79 Å². The number of halogens is 2. The summed E-state index contributed by atoms with van der Waals surface area (Å²) in [5.74, 6) is -2.86. The minimum absolute atomic E-state index is 0. The van der Waals surface area contributed by atoms with E-state index in [2.05, 4.69) is 0 Å². The number of anilines is 1. The number of carboxylic acids is 1. The third-order valence-corrected chi connectivity index (χ3v) is 5.42. The molecule has 0 N–H and O–H groups in total. The van der Waals surface area contributed by atoms with Gasteiger partial charge in [0.05, 0.1) is 56.0 Å². The van der Waals surface area contributed by atoms with Gasteiger partial charge < -0.3 is 29.2 Å². The maximum absolute atomic E-state index is 14.9. The van der Waals surface area contributed by atoms with Gasteiger partial charge in [-0.1, -0.05) is 0 Å². The van der Waals surface area contributed by atoms with Crippen molar-refractivity contribution in [2.75, 3.05) is 38.1 Å². The van der Waals surface area contributed by atoms with Gasteiger partial charge in [-0.2, -0.15) is 0 Å². The number of carbonyl (C=O) groups excluding carboxylic acids is 1. The van der Waals surface area contributed by atoms with E-state index >= 15 is 0 Å². The predicted octanol–water partition coefficient (Wildman–Crippen LogP) is -1.60. The third-order valence-electron chi connectivity index (χ3n) is 5.42. The molecule has 1 aliphatic rings. The number of pyridine rings is 1. The Kier molecular flexibility index (Phi) is 6.54. The Bertz CT molecular complexity index is 1200. The summed E-state index contributed by atoms with van der Waals surface area (Å²) in [6.45, 7) is 1.23. The van der Waals surface area contributed by atoms with E-state index in [1.807, 2.05) is 0 Å². The topological polar surface area (TPSA) is 88.4 Å². The number of quaternary nitrogens is 1. The second kappa shape index (κ2) is 8.68. The van der Waals surface area contributed by atoms with Gasteiger partial charge in [-0.15, -0.1) is 0 Å². The van der Waals surface area contributed by atoms with E-state index in [0.29, 0.717) is 18.8 Å². The summed E-state index contributed by atoms with van der Waals surface area (Å²) in [6, 6.07) is 7.68. The van der Waals surface area contributed by atoms with Gasteiger partial charge in [-0.25, -0.2) is 8.78 Å². The van der Waals surface area contributed by atoms with Crippen molar-refractivity contribution in [2.24, 2.45) is 0 Å². The third kappa shape index (κ3) is 4.51. The number of hydrogen-bond donors (Lipinski definition) is 0. The summed E-state index contributed by atoms with van der Waals surface area (Å²) in [5, 5.41) is 23.4. The van der Waals surface area contributed by atoms with Gasteiger partial charge in [0, 0.05) is 17.3 Å². The molecule has 10 heteroatoms. The van der Waals surface area contributed by atoms with Crippen LogP contribution in [-0.4, -0.2) is 48.4 Å². The second-order valence-corrected chi connectivity index (χ2v) is 7.56. The van der Waals surface area contributed by atoms with Gasteiger partial charge >= 0.3 is 29.6 Å². The molecule has 2 aromatic carbocycles. The molecule has 1 aromatic heterocycles. The molecule has 156 valence electrons. The number of aromatic carboxylic acids is 1. The number of piperazine rings is 1. The number of carbonyl (C=O) groups is 1. The maximum atomic E-state index is 14.9. The molecule has 0 atom stereocenters. The molecule has 0 saturated carbocycles. The van der Waals surface area contributed by atoms with Crippen LogP contribution >= 0.6 is 0 Å². The Balaban J connectivity index is 0.00000272. The van der Waals surface area contributed by atoms with Crippen molar-refractivity contribution in [1.29, 1.82) is 0 Å². The first kappa shape index (κ1) is 23.4. The molecule has 0 unspecified atom stereocenters. The molecular formula is C21H18F2N3NaO4. The largest absolute Gasteiger partial charge is 1.00 e. The van der Waals surface area contributed by atoms with E-state index in [1.165, 1.54) is 34.9 Å². The van der Waals surface area contributed by atoms with Gasteiger partial charge in [0.25, 0.3) is 0 Å². The Morgan fingerprint density at radius 2 is 1.71 bits per heavy atom. The predicted molar refractivity (Wildman–Crippen MR) is 105 cm³/mol. The standard InChI is InChI=1S/C21H19F2N3O4.Na/c1-26(30)8-6-24(7-9-26)19-11-18-15(10-17(19)23)20(27)16(21(28)29)12-25(18)14-4-2-13(22)3-5-14;/h2-5,10-12H,6-9H2,1H3,(H,28,29);/q;+1/p-1. The number of hydrogen-bond acceptors (Lipinski definition) is 5. The molecule has 1 saturated heterocycles. The summed E-state index contributed by atoms with van der Waals surface area (Å²) >= 11 is 0. The van der Waals surface area contributed by atoms with Gasteiger partial charge in [0.15, 0.2) is 5.43 Å². The number of fused-ring (bicyclic) bond motifs is 1. The van der Waals surface area contributed by atoms with Crippen LogP contribution in [0.2, 0.25) is 0 Å². The van der Waals surface area contributed by atoms with E-state index in [0.717, 1.165) is 12.3 Å². The zero-order chi connectivity index (χ0) is 21.6. The van der Waals surface area contributed by atoms with Crippen LogP contribution in [0, 0.1) is 16.8 Å². The van der Waals surface area contributed by atoms with Crippen LogP contribution in [-0.2, 0) is 0 Å². The van der Waals surface area contributed by atoms with Crippen molar-refractivity contribution < 1.29 is 52.9 Å². The Morgan fingerprint density at radius 3 is 2.29 bits per heavy atom. The van der Waals surface area contributed by atoms with Crippen molar-refractivity contribution >= 4 is 22.6 Å². The van der Waals surface area contributed by atoms with Gasteiger partial charge in [-0.05, 0) is 36.4 Å². The smallest absolute Gasteiger partial charge is 0.633 e. The zero-order valence-corrected chi connectivity index (χ0v) is 19.1. The summed E-state index contributed by atoms with van der Waals surface area (Å²) < 4.78 is 29.2. The molecule has 2 heterocycles. The first-order valence-corrected chi connectivity index (χ1v) is 9.33. The molecule has 7 nitrogen and oxygen atoms in total. The molecule has 3 aromatic rings. The normalized spacial score (nSPS) is 15.5. The number of nitrogens with zero attached hydrogens (tertiary/aromatic N) is 3. The number of carboxylic acid groups (broad SMARTS) is 1. The summed E-state index contributed by atoms with van der Waals surface area (Å²) in [6.07, 6.45) is 1.09. The number of rotatable bonds is 3. The SMILES string of the molecule is C[N+]1([O-])CCN(c2cc3c(cc2F)c(=O)c(C(=O)[O-])cn3-c2ccc(F)cc2)CC1.[Na+]. The number of likely N-dealkylation sites (N-methyl/N-ethyl adjacent to an activating group) is 1. The fraction of sp³-hybridized carbons (Fsp3) is 0.238. The fourth-order valence-corrected chi connectivity index (χ4v) is 3.67. The van der Waals surface area contributed by atoms with Crippen LogP contribution in [0.5, 0.6) is 0 Å². The van der Waals surface area contributed by atoms with E-state index in [4.69, 9.17) is 0 Å². The molecule has 1 aliphatic heterocycles. The van der Waals surface area contributed by atoms with Crippen molar-refractivity contribution in [3.63, 3.8) is 0 Å². The average molecular weight is 437 g/mol. The van der Waals surface area contributed by atoms with E-state index in [9.17, 15) is 28.7 Å². The number of aromatic nitrogens is 1. The van der Waals surface area contributed by atoms with Crippen LogP contribution in [0.15, 0.2) is 47.4 Å². The number of benzene rings is 2. The number of hydroxylamine groups is 3. The minimum atomic E-state index is -1.69. The van der Waals surface area contributed by atoms with Crippen LogP contribution in [0.1, 0.15) is 10.4 Å². The van der Waals surface area contributed by atoms with Gasteiger partial charge in [0.1, 0.15) is 11.6 Å². The van der Waals surface area contributed by atoms with Crippen molar-refractivity contribution in [3.8, 4) is 5.69 Å². The van der Waals surface area contributed by atoms with E-state index < -0.39 is 33.2 Å².